The van der Waals surface area contributed by atoms with E-state index in [1.807, 2.05) is 6.07 Å². The first kappa shape index (κ1) is 13.9. The summed E-state index contributed by atoms with van der Waals surface area (Å²) in [7, 11) is 2.89. The molecule has 7 heteroatoms. The number of imidazole rings is 1. The van der Waals surface area contributed by atoms with Crippen LogP contribution in [0, 0.1) is 0 Å². The van der Waals surface area contributed by atoms with Gasteiger partial charge in [0.25, 0.3) is 0 Å². The van der Waals surface area contributed by atoms with Gasteiger partial charge in [-0.2, -0.15) is 0 Å². The first-order valence-electron chi connectivity index (χ1n) is 6.02. The van der Waals surface area contributed by atoms with E-state index in [1.165, 1.54) is 16.2 Å². The molecule has 1 amide bonds. The molecule has 0 unspecified atom stereocenters. The quantitative estimate of drug-likeness (QED) is 0.773. The Labute approximate surface area is 114 Å². The maximum Gasteiger partial charge on any atom is 0.329 e. The number of methoxy groups -OCH3 is 1. The minimum absolute atomic E-state index is 0.142. The summed E-state index contributed by atoms with van der Waals surface area (Å²) in [6, 6.07) is 7.19. The van der Waals surface area contributed by atoms with Crippen molar-refractivity contribution in [1.82, 2.24) is 14.5 Å². The van der Waals surface area contributed by atoms with Crippen molar-refractivity contribution in [3.63, 3.8) is 0 Å². The van der Waals surface area contributed by atoms with E-state index >= 15 is 0 Å². The number of hydrogen-bond donors (Lipinski definition) is 1. The number of fused-ring (bicyclic) bond motifs is 1. The lowest BCUT2D eigenvalue weighted by atomic mass is 10.3. The number of para-hydroxylation sites is 2. The number of nitrogens with one attached hydrogen (secondary N) is 1. The van der Waals surface area contributed by atoms with Crippen molar-refractivity contribution >= 4 is 22.9 Å². The monoisotopic (exact) mass is 277 g/mol. The molecule has 0 spiro atoms. The van der Waals surface area contributed by atoms with Crippen molar-refractivity contribution in [2.24, 2.45) is 7.05 Å². The summed E-state index contributed by atoms with van der Waals surface area (Å²) < 4.78 is 7.26. The average molecular weight is 277 g/mol. The fraction of sp³-hybridized carbons (Fsp3) is 0.308. The van der Waals surface area contributed by atoms with Gasteiger partial charge in [-0.15, -0.1) is 0 Å². The number of ether oxygens (including phenoxy) is 1. The number of hydrogen-bond acceptors (Lipinski definition) is 4. The highest BCUT2D eigenvalue weighted by Gasteiger charge is 2.13. The van der Waals surface area contributed by atoms with Crippen molar-refractivity contribution in [2.45, 2.75) is 6.54 Å². The van der Waals surface area contributed by atoms with Gasteiger partial charge < -0.3 is 10.1 Å². The standard InChI is InChI=1S/C13H15N3O4/c1-15-9-5-3-4-6-10(9)16(13(15)19)8-11(17)14-7-12(18)20-2/h3-6H,7-8H2,1-2H3,(H,14,17). The number of carbonyl (C=O) groups excluding carboxylic acids is 2. The van der Waals surface area contributed by atoms with E-state index in [-0.39, 0.29) is 18.8 Å². The predicted molar refractivity (Wildman–Crippen MR) is 72.2 cm³/mol. The van der Waals surface area contributed by atoms with Crippen molar-refractivity contribution in [2.75, 3.05) is 13.7 Å². The van der Waals surface area contributed by atoms with Crippen LogP contribution in [0.4, 0.5) is 0 Å². The molecule has 1 aromatic heterocycles. The Morgan fingerprint density at radius 2 is 1.90 bits per heavy atom. The fourth-order valence-electron chi connectivity index (χ4n) is 1.96. The highest BCUT2D eigenvalue weighted by Crippen LogP contribution is 2.10. The SMILES string of the molecule is COC(=O)CNC(=O)Cn1c(=O)n(C)c2ccccc21. The third-order valence-corrected chi connectivity index (χ3v) is 3.01. The van der Waals surface area contributed by atoms with Gasteiger partial charge in [0.15, 0.2) is 0 Å². The van der Waals surface area contributed by atoms with E-state index in [4.69, 9.17) is 0 Å². The van der Waals surface area contributed by atoms with Crippen molar-refractivity contribution in [3.8, 4) is 0 Å². The van der Waals surface area contributed by atoms with Crippen LogP contribution in [0.15, 0.2) is 29.1 Å². The Morgan fingerprint density at radius 1 is 1.25 bits per heavy atom. The molecule has 0 saturated heterocycles. The highest BCUT2D eigenvalue weighted by molar-refractivity contribution is 5.83. The fourth-order valence-corrected chi connectivity index (χ4v) is 1.96. The molecule has 7 nitrogen and oxygen atoms in total. The summed E-state index contributed by atoms with van der Waals surface area (Å²) in [5.74, 6) is -0.961. The van der Waals surface area contributed by atoms with Crippen LogP contribution < -0.4 is 11.0 Å². The van der Waals surface area contributed by atoms with Crippen LogP contribution >= 0.6 is 0 Å². The van der Waals surface area contributed by atoms with Gasteiger partial charge in [-0.25, -0.2) is 4.79 Å². The second-order valence-corrected chi connectivity index (χ2v) is 4.27. The molecule has 0 aliphatic rings. The van der Waals surface area contributed by atoms with Crippen LogP contribution in [-0.2, 0) is 27.9 Å². The topological polar surface area (TPSA) is 82.3 Å². The Morgan fingerprint density at radius 3 is 2.55 bits per heavy atom. The number of rotatable bonds is 4. The maximum absolute atomic E-state index is 12.1. The smallest absolute Gasteiger partial charge is 0.329 e. The molecule has 0 aliphatic heterocycles. The third-order valence-electron chi connectivity index (χ3n) is 3.01. The number of aromatic nitrogens is 2. The molecule has 0 fully saturated rings. The molecule has 106 valence electrons. The Bertz CT molecular complexity index is 714. The molecule has 1 aromatic carbocycles. The molecule has 0 atom stereocenters. The normalized spacial score (nSPS) is 10.5. The van der Waals surface area contributed by atoms with Gasteiger partial charge in [0.2, 0.25) is 5.91 Å². The van der Waals surface area contributed by atoms with Gasteiger partial charge in [0, 0.05) is 7.05 Å². The molecule has 0 radical (unpaired) electrons. The molecule has 0 saturated carbocycles. The van der Waals surface area contributed by atoms with Crippen LogP contribution in [0.25, 0.3) is 11.0 Å². The second kappa shape index (κ2) is 5.60. The highest BCUT2D eigenvalue weighted by atomic mass is 16.5. The maximum atomic E-state index is 12.1. The Kier molecular flexibility index (Phi) is 3.88. The summed E-state index contributed by atoms with van der Waals surface area (Å²) in [4.78, 5) is 34.8. The van der Waals surface area contributed by atoms with Crippen LogP contribution in [0.3, 0.4) is 0 Å². The molecular weight excluding hydrogens is 262 g/mol. The minimum atomic E-state index is -0.538. The van der Waals surface area contributed by atoms with Gasteiger partial charge in [-0.3, -0.25) is 18.7 Å². The first-order valence-corrected chi connectivity index (χ1v) is 6.02. The number of benzene rings is 1. The molecule has 1 N–H and O–H groups in total. The summed E-state index contributed by atoms with van der Waals surface area (Å²) >= 11 is 0. The van der Waals surface area contributed by atoms with Crippen LogP contribution in [0.2, 0.25) is 0 Å². The van der Waals surface area contributed by atoms with Gasteiger partial charge in [-0.05, 0) is 12.1 Å². The summed E-state index contributed by atoms with van der Waals surface area (Å²) in [5, 5.41) is 2.40. The first-order chi connectivity index (χ1) is 9.54. The lowest BCUT2D eigenvalue weighted by Crippen LogP contribution is -2.35. The third kappa shape index (κ3) is 2.56. The molecule has 2 aromatic rings. The lowest BCUT2D eigenvalue weighted by molar-refractivity contribution is -0.141. The van der Waals surface area contributed by atoms with E-state index in [0.717, 1.165) is 5.52 Å². The van der Waals surface area contributed by atoms with Crippen LogP contribution in [0.5, 0.6) is 0 Å². The molecule has 1 heterocycles. The number of carbonyl (C=O) groups is 2. The van der Waals surface area contributed by atoms with Crippen molar-refractivity contribution < 1.29 is 14.3 Å². The van der Waals surface area contributed by atoms with E-state index in [9.17, 15) is 14.4 Å². The van der Waals surface area contributed by atoms with Gasteiger partial charge in [0.05, 0.1) is 18.1 Å². The van der Waals surface area contributed by atoms with Crippen molar-refractivity contribution in [1.29, 1.82) is 0 Å². The Balaban J connectivity index is 2.22. The Hall–Kier alpha value is -2.57. The van der Waals surface area contributed by atoms with Crippen LogP contribution in [-0.4, -0.2) is 34.7 Å². The molecular formula is C13H15N3O4. The molecule has 0 bridgehead atoms. The van der Waals surface area contributed by atoms with E-state index in [0.29, 0.717) is 5.52 Å². The summed E-state index contributed by atoms with van der Waals surface area (Å²) in [5.41, 5.74) is 1.14. The molecule has 20 heavy (non-hydrogen) atoms. The zero-order valence-electron chi connectivity index (χ0n) is 11.3. The van der Waals surface area contributed by atoms with Crippen LogP contribution in [0.1, 0.15) is 0 Å². The largest absolute Gasteiger partial charge is 0.468 e. The summed E-state index contributed by atoms with van der Waals surface area (Å²) in [6.45, 7) is -0.355. The molecule has 2 rings (SSSR count). The van der Waals surface area contributed by atoms with Gasteiger partial charge >= 0.3 is 11.7 Å². The summed E-state index contributed by atoms with van der Waals surface area (Å²) in [6.07, 6.45) is 0. The predicted octanol–water partition coefficient (Wildman–Crippen LogP) is -0.371. The van der Waals surface area contributed by atoms with Gasteiger partial charge in [0.1, 0.15) is 13.1 Å². The molecule has 0 aliphatic carbocycles. The van der Waals surface area contributed by atoms with E-state index in [2.05, 4.69) is 10.1 Å². The number of esters is 1. The second-order valence-electron chi connectivity index (χ2n) is 4.27. The number of amides is 1. The van der Waals surface area contributed by atoms with Gasteiger partial charge in [-0.1, -0.05) is 12.1 Å². The average Bonchev–Trinajstić information content (AvgIpc) is 2.70. The van der Waals surface area contributed by atoms with Crippen molar-refractivity contribution in [3.05, 3.63) is 34.7 Å². The lowest BCUT2D eigenvalue weighted by Gasteiger charge is -2.05. The number of aryl methyl sites for hydroxylation is 1. The zero-order chi connectivity index (χ0) is 14.7. The van der Waals surface area contributed by atoms with E-state index in [1.54, 1.807) is 25.2 Å². The minimum Gasteiger partial charge on any atom is -0.468 e. The number of nitrogens with zero attached hydrogens (tertiary/aromatic N) is 2. The zero-order valence-corrected chi connectivity index (χ0v) is 11.3. The van der Waals surface area contributed by atoms with E-state index < -0.39 is 11.9 Å².